The third-order valence-electron chi connectivity index (χ3n) is 12.7. The first-order valence-corrected chi connectivity index (χ1v) is 19.7. The molecule has 6 rings (SSSR count). The van der Waals surface area contributed by atoms with Crippen molar-refractivity contribution in [3.8, 4) is 22.3 Å². The van der Waals surface area contributed by atoms with Crippen molar-refractivity contribution in [1.29, 1.82) is 0 Å². The van der Waals surface area contributed by atoms with Gasteiger partial charge in [-0.1, -0.05) is 43.3 Å². The number of hydrogen-bond acceptors (Lipinski definition) is 2. The Labute approximate surface area is 325 Å². The minimum Gasteiger partial charge on any atom is -0.339 e. The third kappa shape index (κ3) is 9.08. The number of carbonyl (C=O) groups is 2. The van der Waals surface area contributed by atoms with E-state index in [2.05, 4.69) is 121 Å². The summed E-state index contributed by atoms with van der Waals surface area (Å²) in [6, 6.07) is 21.5. The second-order valence-corrected chi connectivity index (χ2v) is 16.6. The zero-order valence-electron chi connectivity index (χ0n) is 33.7. The molecule has 53 heavy (non-hydrogen) atoms. The van der Waals surface area contributed by atoms with Crippen LogP contribution < -0.4 is 0 Å². The first kappa shape index (κ1) is 40.3. The highest BCUT2D eigenvalue weighted by molar-refractivity contribution is 5.96. The van der Waals surface area contributed by atoms with Crippen LogP contribution >= 0.6 is 12.4 Å². The fraction of sp³-hybridized carbons (Fsp3) is 0.458. The number of likely N-dealkylation sites (tertiary alicyclic amines) is 2. The van der Waals surface area contributed by atoms with Crippen LogP contribution in [0.15, 0.2) is 60.7 Å². The molecule has 2 fully saturated rings. The Morgan fingerprint density at radius 2 is 0.849 bits per heavy atom. The lowest BCUT2D eigenvalue weighted by atomic mass is 9.81. The lowest BCUT2D eigenvalue weighted by Gasteiger charge is -2.35. The van der Waals surface area contributed by atoms with Crippen LogP contribution in [0.25, 0.3) is 22.3 Å². The molecule has 2 aliphatic heterocycles. The van der Waals surface area contributed by atoms with Crippen molar-refractivity contribution in [2.24, 2.45) is 17.8 Å². The van der Waals surface area contributed by atoms with E-state index in [0.717, 1.165) is 74.1 Å². The number of benzene rings is 4. The summed E-state index contributed by atoms with van der Waals surface area (Å²) in [5, 5.41) is 0. The van der Waals surface area contributed by atoms with Crippen molar-refractivity contribution in [3.05, 3.63) is 116 Å². The first-order chi connectivity index (χ1) is 24.8. The molecule has 0 saturated carbocycles. The highest BCUT2D eigenvalue weighted by Gasteiger charge is 2.28. The molecule has 282 valence electrons. The Hall–Kier alpha value is -3.89. The van der Waals surface area contributed by atoms with Crippen LogP contribution in [0.2, 0.25) is 0 Å². The maximum Gasteiger partial charge on any atom is 0.253 e. The van der Waals surface area contributed by atoms with Gasteiger partial charge in [0.1, 0.15) is 0 Å². The molecule has 0 bridgehead atoms. The van der Waals surface area contributed by atoms with Gasteiger partial charge >= 0.3 is 0 Å². The molecule has 0 unspecified atom stereocenters. The topological polar surface area (TPSA) is 40.6 Å². The molecular weight excluding hydrogens is 672 g/mol. The summed E-state index contributed by atoms with van der Waals surface area (Å²) in [6.45, 7) is 23.1. The smallest absolute Gasteiger partial charge is 0.253 e. The van der Waals surface area contributed by atoms with E-state index < -0.39 is 0 Å². The van der Waals surface area contributed by atoms with Gasteiger partial charge in [0.05, 0.1) is 0 Å². The number of aryl methyl sites for hydroxylation is 6. The SMILES string of the molecule is Cc1ccc(C(=O)N2CCC(CC(C)CC3CCN(C(=O)c4ccc(C)c(-c5cc(C)c(C)c(C)c5)c4)CC3)CC2)cc1-c1cc(C)c(C)c(C)c1.Cl. The average Bonchev–Trinajstić information content (AvgIpc) is 3.13. The normalized spacial score (nSPS) is 15.5. The van der Waals surface area contributed by atoms with E-state index in [0.29, 0.717) is 17.8 Å². The minimum atomic E-state index is 0. The Bertz CT molecular complexity index is 1780. The summed E-state index contributed by atoms with van der Waals surface area (Å²) in [5.41, 5.74) is 16.5. The minimum absolute atomic E-state index is 0. The number of piperidine rings is 2. The quantitative estimate of drug-likeness (QED) is 0.181. The van der Waals surface area contributed by atoms with Gasteiger partial charge in [0.15, 0.2) is 0 Å². The fourth-order valence-electron chi connectivity index (χ4n) is 8.86. The molecule has 4 aromatic rings. The highest BCUT2D eigenvalue weighted by Crippen LogP contribution is 2.34. The van der Waals surface area contributed by atoms with Crippen LogP contribution in [0.5, 0.6) is 0 Å². The van der Waals surface area contributed by atoms with Gasteiger partial charge in [-0.3, -0.25) is 9.59 Å². The van der Waals surface area contributed by atoms with Gasteiger partial charge in [-0.25, -0.2) is 0 Å². The van der Waals surface area contributed by atoms with E-state index in [-0.39, 0.29) is 24.2 Å². The number of hydrogen-bond donors (Lipinski definition) is 0. The van der Waals surface area contributed by atoms with Crippen LogP contribution in [0, 0.1) is 73.1 Å². The molecule has 0 aliphatic carbocycles. The molecule has 0 radical (unpaired) electrons. The monoisotopic (exact) mass is 732 g/mol. The maximum atomic E-state index is 13.7. The second kappa shape index (κ2) is 17.1. The maximum absolute atomic E-state index is 13.7. The Kier molecular flexibility index (Phi) is 13.0. The van der Waals surface area contributed by atoms with E-state index in [1.165, 1.54) is 68.5 Å². The molecule has 0 spiro atoms. The second-order valence-electron chi connectivity index (χ2n) is 16.6. The summed E-state index contributed by atoms with van der Waals surface area (Å²) in [6.07, 6.45) is 6.78. The predicted octanol–water partition coefficient (Wildman–Crippen LogP) is 11.7. The molecule has 4 aromatic carbocycles. The Morgan fingerprint density at radius 3 is 1.17 bits per heavy atom. The Morgan fingerprint density at radius 1 is 0.528 bits per heavy atom. The van der Waals surface area contributed by atoms with Crippen molar-refractivity contribution in [2.45, 2.75) is 101 Å². The largest absolute Gasteiger partial charge is 0.339 e. The summed E-state index contributed by atoms with van der Waals surface area (Å²) >= 11 is 0. The number of halogens is 1. The van der Waals surface area contributed by atoms with E-state index in [9.17, 15) is 9.59 Å². The summed E-state index contributed by atoms with van der Waals surface area (Å²) in [4.78, 5) is 31.5. The van der Waals surface area contributed by atoms with E-state index >= 15 is 0 Å². The molecule has 2 aliphatic rings. The van der Waals surface area contributed by atoms with Crippen molar-refractivity contribution < 1.29 is 9.59 Å². The number of amides is 2. The fourth-order valence-corrected chi connectivity index (χ4v) is 8.86. The van der Waals surface area contributed by atoms with E-state index in [1.54, 1.807) is 0 Å². The summed E-state index contributed by atoms with van der Waals surface area (Å²) in [7, 11) is 0. The molecule has 0 N–H and O–H groups in total. The van der Waals surface area contributed by atoms with E-state index in [4.69, 9.17) is 0 Å². The molecule has 4 nitrogen and oxygen atoms in total. The molecule has 2 saturated heterocycles. The van der Waals surface area contributed by atoms with Gasteiger partial charge in [-0.2, -0.15) is 0 Å². The molecule has 5 heteroatoms. The molecule has 2 amide bonds. The lowest BCUT2D eigenvalue weighted by molar-refractivity contribution is 0.0665. The number of nitrogens with zero attached hydrogens (tertiary/aromatic N) is 2. The predicted molar refractivity (Wildman–Crippen MR) is 225 cm³/mol. The molecule has 0 atom stereocenters. The zero-order chi connectivity index (χ0) is 37.3. The van der Waals surface area contributed by atoms with Crippen molar-refractivity contribution >= 4 is 24.2 Å². The van der Waals surface area contributed by atoms with Gasteiger partial charge in [0.25, 0.3) is 11.8 Å². The van der Waals surface area contributed by atoms with Crippen LogP contribution in [0.1, 0.15) is 111 Å². The highest BCUT2D eigenvalue weighted by atomic mass is 35.5. The van der Waals surface area contributed by atoms with Crippen LogP contribution in [0.3, 0.4) is 0 Å². The average molecular weight is 733 g/mol. The van der Waals surface area contributed by atoms with Gasteiger partial charge in [-0.15, -0.1) is 12.4 Å². The summed E-state index contributed by atoms with van der Waals surface area (Å²) in [5.74, 6) is 2.32. The van der Waals surface area contributed by atoms with E-state index in [1.807, 2.05) is 12.1 Å². The van der Waals surface area contributed by atoms with Crippen LogP contribution in [-0.4, -0.2) is 47.8 Å². The van der Waals surface area contributed by atoms with Crippen LogP contribution in [-0.2, 0) is 0 Å². The molecular formula is C48H61ClN2O2. The van der Waals surface area contributed by atoms with Gasteiger partial charge in [0.2, 0.25) is 0 Å². The number of carbonyl (C=O) groups excluding carboxylic acids is 2. The van der Waals surface area contributed by atoms with Crippen molar-refractivity contribution in [1.82, 2.24) is 9.80 Å². The van der Waals surface area contributed by atoms with Crippen LogP contribution in [0.4, 0.5) is 0 Å². The van der Waals surface area contributed by atoms with Gasteiger partial charge in [0, 0.05) is 37.3 Å². The van der Waals surface area contributed by atoms with Gasteiger partial charge in [-0.05, 0) is 203 Å². The standard InChI is InChI=1S/C48H60N2O2.ClH/c1-30(22-39-14-18-49(19-15-39)47(51)41-12-10-31(2)45(28-41)43-24-33(4)37(8)34(5)25-43)23-40-16-20-50(21-17-40)48(52)42-13-11-32(3)46(29-42)44-26-35(6)38(9)36(7)27-44;/h10-13,24-30,39-40H,14-23H2,1-9H3;1H. The third-order valence-corrected chi connectivity index (χ3v) is 12.7. The molecule has 2 heterocycles. The molecule has 0 aromatic heterocycles. The van der Waals surface area contributed by atoms with Crippen molar-refractivity contribution in [3.63, 3.8) is 0 Å². The summed E-state index contributed by atoms with van der Waals surface area (Å²) < 4.78 is 0. The zero-order valence-corrected chi connectivity index (χ0v) is 34.5. The van der Waals surface area contributed by atoms with Crippen molar-refractivity contribution in [2.75, 3.05) is 26.2 Å². The van der Waals surface area contributed by atoms with Gasteiger partial charge < -0.3 is 9.80 Å². The Balaban J connectivity index is 0.00000541. The number of rotatable bonds is 8. The lowest BCUT2D eigenvalue weighted by Crippen LogP contribution is -2.39. The first-order valence-electron chi connectivity index (χ1n) is 19.7.